The van der Waals surface area contributed by atoms with Crippen LogP contribution in [0.4, 0.5) is 0 Å². The van der Waals surface area contributed by atoms with Crippen LogP contribution in [0.2, 0.25) is 0 Å². The summed E-state index contributed by atoms with van der Waals surface area (Å²) < 4.78 is 5.62. The number of amides is 1. The van der Waals surface area contributed by atoms with Gasteiger partial charge < -0.3 is 14.7 Å². The Morgan fingerprint density at radius 3 is 2.03 bits per heavy atom. The highest BCUT2D eigenvalue weighted by Gasteiger charge is 2.31. The molecule has 0 aliphatic heterocycles. The van der Waals surface area contributed by atoms with Gasteiger partial charge in [-0.3, -0.25) is 4.79 Å². The van der Waals surface area contributed by atoms with Crippen LogP contribution in [0.25, 0.3) is 11.1 Å². The number of carboxylic acid groups (broad SMARTS) is 1. The summed E-state index contributed by atoms with van der Waals surface area (Å²) in [4.78, 5) is 25.8. The molecule has 0 saturated heterocycles. The minimum atomic E-state index is -1.05. The predicted molar refractivity (Wildman–Crippen MR) is 113 cm³/mol. The molecule has 0 spiro atoms. The highest BCUT2D eigenvalue weighted by atomic mass is 16.5. The third-order valence-corrected chi connectivity index (χ3v) is 5.43. The zero-order chi connectivity index (χ0) is 21.2. The van der Waals surface area contributed by atoms with Gasteiger partial charge in [0.15, 0.2) is 6.04 Å². The van der Waals surface area contributed by atoms with Crippen molar-refractivity contribution in [1.82, 2.24) is 4.90 Å². The quantitative estimate of drug-likeness (QED) is 0.759. The van der Waals surface area contributed by atoms with E-state index in [4.69, 9.17) is 4.74 Å². The molecular weight excluding hydrogens is 366 g/mol. The molecule has 154 valence electrons. The van der Waals surface area contributed by atoms with Crippen molar-refractivity contribution in [1.29, 1.82) is 0 Å². The summed E-state index contributed by atoms with van der Waals surface area (Å²) in [6.45, 7) is 5.56. The van der Waals surface area contributed by atoms with Gasteiger partial charge in [-0.05, 0) is 49.4 Å². The lowest BCUT2D eigenvalue weighted by Gasteiger charge is -2.28. The predicted octanol–water partition coefficient (Wildman–Crippen LogP) is 4.31. The number of rotatable bonds is 7. The summed E-state index contributed by atoms with van der Waals surface area (Å²) in [5.41, 5.74) is 4.44. The van der Waals surface area contributed by atoms with Crippen LogP contribution in [-0.2, 0) is 14.3 Å². The highest BCUT2D eigenvalue weighted by molar-refractivity contribution is 5.84. The van der Waals surface area contributed by atoms with Gasteiger partial charge in [0.2, 0.25) is 5.91 Å². The molecule has 1 N–H and O–H groups in total. The first-order valence-electron chi connectivity index (χ1n) is 9.99. The van der Waals surface area contributed by atoms with Crippen molar-refractivity contribution in [3.63, 3.8) is 0 Å². The van der Waals surface area contributed by atoms with E-state index >= 15 is 0 Å². The summed E-state index contributed by atoms with van der Waals surface area (Å²) in [7, 11) is 1.55. The van der Waals surface area contributed by atoms with E-state index in [1.165, 1.54) is 27.2 Å². The van der Waals surface area contributed by atoms with Gasteiger partial charge >= 0.3 is 5.97 Å². The second-order valence-corrected chi connectivity index (χ2v) is 8.55. The molecule has 1 unspecified atom stereocenters. The Morgan fingerprint density at radius 1 is 1.03 bits per heavy atom. The molecule has 0 fully saturated rings. The van der Waals surface area contributed by atoms with Gasteiger partial charge in [0.05, 0.1) is 12.2 Å². The lowest BCUT2D eigenvalue weighted by molar-refractivity contribution is -0.154. The number of carbonyl (C=O) groups is 2. The largest absolute Gasteiger partial charge is 0.480 e. The number of hydrogen-bond donors (Lipinski definition) is 1. The van der Waals surface area contributed by atoms with E-state index in [0.717, 1.165) is 0 Å². The maximum atomic E-state index is 12.8. The SMILES string of the molecule is CN(C(=O)CCC1c2ccccc2-c2ccccc21)C(COC(C)(C)C)C(=O)O. The van der Waals surface area contributed by atoms with Gasteiger partial charge in [0, 0.05) is 19.4 Å². The summed E-state index contributed by atoms with van der Waals surface area (Å²) >= 11 is 0. The maximum absolute atomic E-state index is 12.8. The van der Waals surface area contributed by atoms with Crippen molar-refractivity contribution in [2.75, 3.05) is 13.7 Å². The van der Waals surface area contributed by atoms with Crippen LogP contribution in [0.5, 0.6) is 0 Å². The molecule has 0 aromatic heterocycles. The zero-order valence-electron chi connectivity index (χ0n) is 17.5. The zero-order valence-corrected chi connectivity index (χ0v) is 17.5. The Labute approximate surface area is 172 Å². The molecule has 5 nitrogen and oxygen atoms in total. The number of likely N-dealkylation sites (N-methyl/N-ethyl adjacent to an activating group) is 1. The first-order valence-corrected chi connectivity index (χ1v) is 9.99. The van der Waals surface area contributed by atoms with Gasteiger partial charge in [-0.25, -0.2) is 4.79 Å². The number of aliphatic carboxylic acids is 1. The molecule has 2 aromatic carbocycles. The maximum Gasteiger partial charge on any atom is 0.328 e. The first kappa shape index (κ1) is 21.1. The molecule has 0 heterocycles. The number of fused-ring (bicyclic) bond motifs is 3. The third-order valence-electron chi connectivity index (χ3n) is 5.43. The number of hydrogen-bond acceptors (Lipinski definition) is 3. The Hall–Kier alpha value is -2.66. The molecule has 0 saturated carbocycles. The Morgan fingerprint density at radius 2 is 1.55 bits per heavy atom. The lowest BCUT2D eigenvalue weighted by atomic mass is 9.92. The van der Waals surface area contributed by atoms with E-state index in [1.54, 1.807) is 7.05 Å². The molecule has 29 heavy (non-hydrogen) atoms. The summed E-state index contributed by atoms with van der Waals surface area (Å²) in [5.74, 6) is -1.09. The van der Waals surface area contributed by atoms with Crippen molar-refractivity contribution in [2.45, 2.75) is 51.2 Å². The number of benzene rings is 2. The van der Waals surface area contributed by atoms with E-state index in [0.29, 0.717) is 6.42 Å². The molecule has 3 rings (SSSR count). The third kappa shape index (κ3) is 4.67. The number of carboxylic acids is 1. The van der Waals surface area contributed by atoms with Gasteiger partial charge in [0.1, 0.15) is 0 Å². The van der Waals surface area contributed by atoms with Gasteiger partial charge in [-0.2, -0.15) is 0 Å². The van der Waals surface area contributed by atoms with Crippen LogP contribution >= 0.6 is 0 Å². The standard InChI is InChI=1S/C24H29NO4/c1-24(2,3)29-15-21(23(27)28)25(4)22(26)14-13-20-18-11-7-5-9-16(18)17-10-6-8-12-19(17)20/h5-12,20-21H,13-15H2,1-4H3,(H,27,28). The molecule has 2 aromatic rings. The normalized spacial score (nSPS) is 14.2. The average molecular weight is 395 g/mol. The molecule has 5 heteroatoms. The van der Waals surface area contributed by atoms with Crippen LogP contribution in [0.1, 0.15) is 50.7 Å². The topological polar surface area (TPSA) is 66.8 Å². The van der Waals surface area contributed by atoms with Crippen molar-refractivity contribution in [2.24, 2.45) is 0 Å². The summed E-state index contributed by atoms with van der Waals surface area (Å²) in [5, 5.41) is 9.56. The van der Waals surface area contributed by atoms with Crippen molar-refractivity contribution < 1.29 is 19.4 Å². The second-order valence-electron chi connectivity index (χ2n) is 8.55. The van der Waals surface area contributed by atoms with E-state index in [-0.39, 0.29) is 24.9 Å². The molecule has 1 atom stereocenters. The Balaban J connectivity index is 1.70. The molecule has 0 bridgehead atoms. The smallest absolute Gasteiger partial charge is 0.328 e. The van der Waals surface area contributed by atoms with Gasteiger partial charge in [-0.1, -0.05) is 48.5 Å². The Kier molecular flexibility index (Phi) is 6.08. The van der Waals surface area contributed by atoms with Crippen molar-refractivity contribution >= 4 is 11.9 Å². The second kappa shape index (κ2) is 8.37. The molecular formula is C24H29NO4. The van der Waals surface area contributed by atoms with Crippen LogP contribution in [0.3, 0.4) is 0 Å². The monoisotopic (exact) mass is 395 g/mol. The van der Waals surface area contributed by atoms with Crippen LogP contribution in [0.15, 0.2) is 48.5 Å². The highest BCUT2D eigenvalue weighted by Crippen LogP contribution is 2.46. The van der Waals surface area contributed by atoms with Crippen LogP contribution in [-0.4, -0.2) is 47.2 Å². The fourth-order valence-electron chi connectivity index (χ4n) is 3.87. The van der Waals surface area contributed by atoms with E-state index in [9.17, 15) is 14.7 Å². The first-order chi connectivity index (χ1) is 13.7. The minimum absolute atomic E-state index is 0.0316. The summed E-state index contributed by atoms with van der Waals surface area (Å²) in [6.07, 6.45) is 0.923. The fraction of sp³-hybridized carbons (Fsp3) is 0.417. The van der Waals surface area contributed by atoms with Crippen LogP contribution < -0.4 is 0 Å². The van der Waals surface area contributed by atoms with Gasteiger partial charge in [0.25, 0.3) is 0 Å². The number of carbonyl (C=O) groups excluding carboxylic acids is 1. The van der Waals surface area contributed by atoms with E-state index in [1.807, 2.05) is 45.0 Å². The van der Waals surface area contributed by atoms with Crippen molar-refractivity contribution in [3.8, 4) is 11.1 Å². The molecule has 1 aliphatic rings. The van der Waals surface area contributed by atoms with E-state index in [2.05, 4.69) is 24.3 Å². The average Bonchev–Trinajstić information content (AvgIpc) is 2.99. The molecule has 1 aliphatic carbocycles. The van der Waals surface area contributed by atoms with Crippen molar-refractivity contribution in [3.05, 3.63) is 59.7 Å². The van der Waals surface area contributed by atoms with Gasteiger partial charge in [-0.15, -0.1) is 0 Å². The van der Waals surface area contributed by atoms with Crippen LogP contribution in [0, 0.1) is 0 Å². The minimum Gasteiger partial charge on any atom is -0.480 e. The lowest BCUT2D eigenvalue weighted by Crippen LogP contribution is -2.46. The fourth-order valence-corrected chi connectivity index (χ4v) is 3.87. The molecule has 0 radical (unpaired) electrons. The number of ether oxygens (including phenoxy) is 1. The summed E-state index contributed by atoms with van der Waals surface area (Å²) in [6, 6.07) is 15.6. The Bertz CT molecular complexity index is 854. The molecule has 1 amide bonds. The number of nitrogens with zero attached hydrogens (tertiary/aromatic N) is 1. The van der Waals surface area contributed by atoms with E-state index < -0.39 is 17.6 Å².